The smallest absolute Gasteiger partial charge is 0.252 e. The summed E-state index contributed by atoms with van der Waals surface area (Å²) in [4.78, 5) is 28.3. The number of carbonyl (C=O) groups is 2. The van der Waals surface area contributed by atoms with Gasteiger partial charge in [-0.3, -0.25) is 9.59 Å². The lowest BCUT2D eigenvalue weighted by atomic mass is 9.79. The summed E-state index contributed by atoms with van der Waals surface area (Å²) in [5, 5.41) is 6.97. The van der Waals surface area contributed by atoms with Gasteiger partial charge >= 0.3 is 0 Å². The summed E-state index contributed by atoms with van der Waals surface area (Å²) in [5.41, 5.74) is 1.29. The zero-order valence-electron chi connectivity index (χ0n) is 17.7. The number of hydrogen-bond acceptors (Lipinski definition) is 3. The first-order chi connectivity index (χ1) is 15.1. The van der Waals surface area contributed by atoms with Crippen molar-refractivity contribution in [1.29, 1.82) is 0 Å². The van der Waals surface area contributed by atoms with E-state index in [0.717, 1.165) is 50.5 Å². The highest BCUT2D eigenvalue weighted by Crippen LogP contribution is 2.31. The Labute approximate surface area is 189 Å². The Balaban J connectivity index is 1.44. The average Bonchev–Trinajstić information content (AvgIpc) is 2.83. The zero-order valence-corrected chi connectivity index (χ0v) is 18.5. The Morgan fingerprint density at radius 3 is 2.16 bits per heavy atom. The van der Waals surface area contributed by atoms with Gasteiger partial charge in [-0.2, -0.15) is 0 Å². The minimum Gasteiger partial charge on any atom is -0.341 e. The van der Waals surface area contributed by atoms with Crippen LogP contribution in [0.3, 0.4) is 0 Å². The van der Waals surface area contributed by atoms with Gasteiger partial charge in [0.2, 0.25) is 5.91 Å². The summed E-state index contributed by atoms with van der Waals surface area (Å²) in [6.07, 6.45) is 4.57. The van der Waals surface area contributed by atoms with Gasteiger partial charge in [-0.05, 0) is 80.4 Å². The Kier molecular flexibility index (Phi) is 7.25. The molecule has 4 rings (SSSR count). The van der Waals surface area contributed by atoms with Crippen molar-refractivity contribution in [1.82, 2.24) is 15.5 Å². The van der Waals surface area contributed by atoms with Gasteiger partial charge in [0, 0.05) is 23.7 Å². The maximum Gasteiger partial charge on any atom is 0.252 e. The van der Waals surface area contributed by atoms with Gasteiger partial charge in [-0.25, -0.2) is 0 Å². The molecular weight excluding hydrogens is 410 g/mol. The quantitative estimate of drug-likeness (QED) is 0.738. The van der Waals surface area contributed by atoms with E-state index in [2.05, 4.69) is 10.6 Å². The van der Waals surface area contributed by atoms with Crippen LogP contribution in [0.5, 0.6) is 0 Å². The molecule has 1 unspecified atom stereocenters. The minimum absolute atomic E-state index is 0.0303. The van der Waals surface area contributed by atoms with E-state index in [1.807, 2.05) is 35.2 Å². The van der Waals surface area contributed by atoms with Crippen molar-refractivity contribution in [2.24, 2.45) is 11.8 Å². The van der Waals surface area contributed by atoms with Gasteiger partial charge < -0.3 is 15.5 Å². The SMILES string of the molecule is O=C(NC(C(=O)N1CCC(C2CCNCC2)CC1)c1ccccc1)c1ccc(Cl)cc1. The molecule has 2 aromatic rings. The van der Waals surface area contributed by atoms with Crippen molar-refractivity contribution in [3.63, 3.8) is 0 Å². The maximum absolute atomic E-state index is 13.5. The fourth-order valence-corrected chi connectivity index (χ4v) is 4.96. The molecule has 2 saturated heterocycles. The third-order valence-corrected chi connectivity index (χ3v) is 6.92. The number of nitrogens with zero attached hydrogens (tertiary/aromatic N) is 1. The maximum atomic E-state index is 13.5. The number of rotatable bonds is 5. The molecule has 5 nitrogen and oxygen atoms in total. The molecule has 2 heterocycles. The van der Waals surface area contributed by atoms with E-state index < -0.39 is 6.04 Å². The first-order valence-corrected chi connectivity index (χ1v) is 11.6. The van der Waals surface area contributed by atoms with Gasteiger partial charge in [0.15, 0.2) is 0 Å². The predicted octanol–water partition coefficient (Wildman–Crippen LogP) is 4.05. The molecule has 0 aliphatic carbocycles. The molecule has 0 bridgehead atoms. The number of piperidine rings is 2. The van der Waals surface area contributed by atoms with Crippen molar-refractivity contribution in [2.45, 2.75) is 31.7 Å². The van der Waals surface area contributed by atoms with Crippen LogP contribution in [-0.4, -0.2) is 42.9 Å². The fraction of sp³-hybridized carbons (Fsp3) is 0.440. The molecule has 2 amide bonds. The molecule has 0 spiro atoms. The van der Waals surface area contributed by atoms with Gasteiger partial charge in [0.05, 0.1) is 0 Å². The van der Waals surface area contributed by atoms with E-state index in [9.17, 15) is 9.59 Å². The Bertz CT molecular complexity index is 873. The Morgan fingerprint density at radius 2 is 1.52 bits per heavy atom. The lowest BCUT2D eigenvalue weighted by molar-refractivity contribution is -0.135. The van der Waals surface area contributed by atoms with E-state index in [0.29, 0.717) is 16.5 Å². The molecule has 0 radical (unpaired) electrons. The third kappa shape index (κ3) is 5.46. The highest BCUT2D eigenvalue weighted by atomic mass is 35.5. The van der Waals surface area contributed by atoms with Crippen molar-refractivity contribution >= 4 is 23.4 Å². The summed E-state index contributed by atoms with van der Waals surface area (Å²) < 4.78 is 0. The summed E-state index contributed by atoms with van der Waals surface area (Å²) in [5.74, 6) is 1.17. The van der Waals surface area contributed by atoms with Crippen LogP contribution >= 0.6 is 11.6 Å². The zero-order chi connectivity index (χ0) is 21.6. The van der Waals surface area contributed by atoms with E-state index in [-0.39, 0.29) is 11.8 Å². The number of nitrogens with one attached hydrogen (secondary N) is 2. The molecule has 0 aromatic heterocycles. The molecule has 2 aromatic carbocycles. The molecule has 164 valence electrons. The van der Waals surface area contributed by atoms with Crippen LogP contribution in [0.2, 0.25) is 5.02 Å². The number of benzene rings is 2. The average molecular weight is 440 g/mol. The van der Waals surface area contributed by atoms with Gasteiger partial charge in [-0.1, -0.05) is 41.9 Å². The standard InChI is InChI=1S/C25H30ClN3O2/c26-22-8-6-21(7-9-22)24(30)28-23(20-4-2-1-3-5-20)25(31)29-16-12-19(13-17-29)18-10-14-27-15-11-18/h1-9,18-19,23,27H,10-17H2,(H,28,30). The number of carbonyl (C=O) groups excluding carboxylic acids is 2. The second-order valence-corrected chi connectivity index (χ2v) is 9.01. The molecule has 0 saturated carbocycles. The number of likely N-dealkylation sites (tertiary alicyclic amines) is 1. The van der Waals surface area contributed by atoms with Crippen LogP contribution in [-0.2, 0) is 4.79 Å². The highest BCUT2D eigenvalue weighted by molar-refractivity contribution is 6.30. The highest BCUT2D eigenvalue weighted by Gasteiger charge is 2.33. The van der Waals surface area contributed by atoms with Gasteiger partial charge in [0.1, 0.15) is 6.04 Å². The van der Waals surface area contributed by atoms with Crippen LogP contribution in [0.15, 0.2) is 54.6 Å². The largest absolute Gasteiger partial charge is 0.341 e. The number of amides is 2. The monoisotopic (exact) mass is 439 g/mol. The topological polar surface area (TPSA) is 61.4 Å². The number of halogens is 1. The van der Waals surface area contributed by atoms with Crippen molar-refractivity contribution in [2.75, 3.05) is 26.2 Å². The fourth-order valence-electron chi connectivity index (χ4n) is 4.84. The molecule has 2 fully saturated rings. The Hall–Kier alpha value is -2.37. The molecule has 2 aliphatic heterocycles. The van der Waals surface area contributed by atoms with E-state index in [1.54, 1.807) is 24.3 Å². The Morgan fingerprint density at radius 1 is 0.903 bits per heavy atom. The molecule has 2 aliphatic rings. The van der Waals surface area contributed by atoms with Crippen LogP contribution in [0.25, 0.3) is 0 Å². The van der Waals surface area contributed by atoms with Crippen LogP contribution in [0, 0.1) is 11.8 Å². The van der Waals surface area contributed by atoms with Crippen molar-refractivity contribution in [3.05, 3.63) is 70.7 Å². The molecule has 31 heavy (non-hydrogen) atoms. The minimum atomic E-state index is -0.695. The van der Waals surface area contributed by atoms with Gasteiger partial charge in [0.25, 0.3) is 5.91 Å². The molecule has 1 atom stereocenters. The molecular formula is C25H30ClN3O2. The molecule has 6 heteroatoms. The van der Waals surface area contributed by atoms with E-state index >= 15 is 0 Å². The lowest BCUT2D eigenvalue weighted by Crippen LogP contribution is -2.47. The first-order valence-electron chi connectivity index (χ1n) is 11.2. The predicted molar refractivity (Wildman–Crippen MR) is 123 cm³/mol. The third-order valence-electron chi connectivity index (χ3n) is 6.66. The van der Waals surface area contributed by atoms with Gasteiger partial charge in [-0.15, -0.1) is 0 Å². The normalized spacial score (nSPS) is 19.1. The van der Waals surface area contributed by atoms with Crippen LogP contribution < -0.4 is 10.6 Å². The van der Waals surface area contributed by atoms with E-state index in [4.69, 9.17) is 11.6 Å². The van der Waals surface area contributed by atoms with Crippen LogP contribution in [0.4, 0.5) is 0 Å². The van der Waals surface area contributed by atoms with Crippen molar-refractivity contribution < 1.29 is 9.59 Å². The second-order valence-electron chi connectivity index (χ2n) is 8.57. The molecule has 2 N–H and O–H groups in total. The number of hydrogen-bond donors (Lipinski definition) is 2. The second kappa shape index (κ2) is 10.3. The van der Waals surface area contributed by atoms with Crippen LogP contribution in [0.1, 0.15) is 47.6 Å². The lowest BCUT2D eigenvalue weighted by Gasteiger charge is -2.39. The summed E-state index contributed by atoms with van der Waals surface area (Å²) in [6, 6.07) is 15.5. The van der Waals surface area contributed by atoms with Crippen molar-refractivity contribution in [3.8, 4) is 0 Å². The summed E-state index contributed by atoms with van der Waals surface area (Å²) in [7, 11) is 0. The summed E-state index contributed by atoms with van der Waals surface area (Å²) in [6.45, 7) is 3.73. The first kappa shape index (κ1) is 21.8. The summed E-state index contributed by atoms with van der Waals surface area (Å²) >= 11 is 5.94. The van der Waals surface area contributed by atoms with E-state index in [1.165, 1.54) is 12.8 Å².